The third-order valence-corrected chi connectivity index (χ3v) is 7.41. The lowest BCUT2D eigenvalue weighted by Crippen LogP contribution is -2.40. The largest absolute Gasteiger partial charge is 0.338 e. The van der Waals surface area contributed by atoms with E-state index in [4.69, 9.17) is 4.98 Å². The quantitative estimate of drug-likeness (QED) is 0.789. The molecule has 5 rings (SSSR count). The molecule has 2 saturated carbocycles. The van der Waals surface area contributed by atoms with Gasteiger partial charge < -0.3 is 9.80 Å². The van der Waals surface area contributed by atoms with Gasteiger partial charge in [0.15, 0.2) is 5.82 Å². The molecule has 0 spiro atoms. The number of hydrogen-bond acceptors (Lipinski definition) is 4. The average Bonchev–Trinajstić information content (AvgIpc) is 3.47. The Balaban J connectivity index is 1.30. The van der Waals surface area contributed by atoms with Crippen LogP contribution in [0.25, 0.3) is 0 Å². The van der Waals surface area contributed by atoms with Crippen LogP contribution in [0.5, 0.6) is 0 Å². The molecule has 28 heavy (non-hydrogen) atoms. The van der Waals surface area contributed by atoms with Crippen LogP contribution in [0, 0.1) is 17.8 Å². The van der Waals surface area contributed by atoms with Crippen molar-refractivity contribution >= 4 is 11.8 Å². The maximum atomic E-state index is 13.0. The van der Waals surface area contributed by atoms with E-state index in [0.717, 1.165) is 55.9 Å². The van der Waals surface area contributed by atoms with Gasteiger partial charge in [0.05, 0.1) is 11.7 Å². The van der Waals surface area contributed by atoms with E-state index in [-0.39, 0.29) is 17.9 Å². The first-order valence-corrected chi connectivity index (χ1v) is 11.0. The lowest BCUT2D eigenvalue weighted by atomic mass is 10.00. The van der Waals surface area contributed by atoms with Crippen molar-refractivity contribution in [2.75, 3.05) is 13.1 Å². The zero-order valence-electron chi connectivity index (χ0n) is 16.8. The van der Waals surface area contributed by atoms with Gasteiger partial charge in [-0.25, -0.2) is 9.97 Å². The Bertz CT molecular complexity index is 783. The number of fused-ring (bicyclic) bond motifs is 2. The molecule has 6 nitrogen and oxygen atoms in total. The lowest BCUT2D eigenvalue weighted by Gasteiger charge is -2.35. The molecule has 150 valence electrons. The Morgan fingerprint density at radius 2 is 1.79 bits per heavy atom. The maximum absolute atomic E-state index is 13.0. The topological polar surface area (TPSA) is 66.4 Å². The van der Waals surface area contributed by atoms with Gasteiger partial charge in [0.25, 0.3) is 0 Å². The van der Waals surface area contributed by atoms with E-state index in [1.807, 2.05) is 16.0 Å². The first-order chi connectivity index (χ1) is 13.6. The summed E-state index contributed by atoms with van der Waals surface area (Å²) in [5, 5.41) is 0. The van der Waals surface area contributed by atoms with Crippen LogP contribution in [0.4, 0.5) is 0 Å². The summed E-state index contributed by atoms with van der Waals surface area (Å²) in [4.78, 5) is 38.4. The molecule has 6 heteroatoms. The van der Waals surface area contributed by atoms with E-state index >= 15 is 0 Å². The minimum atomic E-state index is 0.00537. The third kappa shape index (κ3) is 3.11. The smallest absolute Gasteiger partial charge is 0.226 e. The van der Waals surface area contributed by atoms with Crippen LogP contribution in [0.15, 0.2) is 6.20 Å². The summed E-state index contributed by atoms with van der Waals surface area (Å²) in [5.41, 5.74) is 2.15. The van der Waals surface area contributed by atoms with Crippen molar-refractivity contribution in [3.63, 3.8) is 0 Å². The molecule has 3 fully saturated rings. The molecule has 0 radical (unpaired) electrons. The van der Waals surface area contributed by atoms with E-state index in [2.05, 4.69) is 4.98 Å². The van der Waals surface area contributed by atoms with E-state index in [9.17, 15) is 9.59 Å². The predicted octanol–water partition coefficient (Wildman–Crippen LogP) is 2.87. The summed E-state index contributed by atoms with van der Waals surface area (Å²) in [6, 6.07) is 0.00537. The summed E-state index contributed by atoms with van der Waals surface area (Å²) in [7, 11) is 0. The summed E-state index contributed by atoms with van der Waals surface area (Å²) >= 11 is 0. The zero-order valence-corrected chi connectivity index (χ0v) is 16.8. The number of rotatable bonds is 2. The summed E-state index contributed by atoms with van der Waals surface area (Å²) in [5.74, 6) is 2.85. The molecule has 1 aromatic heterocycles. The van der Waals surface area contributed by atoms with Crippen LogP contribution in [0.3, 0.4) is 0 Å². The number of carbonyl (C=O) groups is 2. The summed E-state index contributed by atoms with van der Waals surface area (Å²) < 4.78 is 0. The van der Waals surface area contributed by atoms with Gasteiger partial charge in [-0.3, -0.25) is 9.59 Å². The van der Waals surface area contributed by atoms with Crippen molar-refractivity contribution in [1.29, 1.82) is 0 Å². The number of hydrogen-bond donors (Lipinski definition) is 0. The molecule has 2 aliphatic carbocycles. The Morgan fingerprint density at radius 3 is 2.54 bits per heavy atom. The minimum absolute atomic E-state index is 0.00537. The second-order valence-corrected chi connectivity index (χ2v) is 9.07. The highest BCUT2D eigenvalue weighted by Crippen LogP contribution is 2.56. The number of amides is 2. The van der Waals surface area contributed by atoms with Crippen molar-refractivity contribution in [1.82, 2.24) is 19.8 Å². The minimum Gasteiger partial charge on any atom is -0.338 e. The normalized spacial score (nSPS) is 31.8. The van der Waals surface area contributed by atoms with Crippen LogP contribution >= 0.6 is 0 Å². The Labute approximate surface area is 166 Å². The van der Waals surface area contributed by atoms with Gasteiger partial charge in [0, 0.05) is 50.7 Å². The fraction of sp³-hybridized carbons (Fsp3) is 0.727. The van der Waals surface area contributed by atoms with Crippen LogP contribution in [0.2, 0.25) is 0 Å². The zero-order chi connectivity index (χ0) is 19.3. The predicted molar refractivity (Wildman–Crippen MR) is 104 cm³/mol. The fourth-order valence-corrected chi connectivity index (χ4v) is 5.83. The molecule has 1 aromatic rings. The molecule has 4 atom stereocenters. The van der Waals surface area contributed by atoms with Crippen LogP contribution in [-0.4, -0.2) is 44.7 Å². The molecule has 1 unspecified atom stereocenters. The molecule has 0 bridgehead atoms. The van der Waals surface area contributed by atoms with Crippen LogP contribution < -0.4 is 0 Å². The van der Waals surface area contributed by atoms with Crippen molar-refractivity contribution in [3.05, 3.63) is 23.3 Å². The van der Waals surface area contributed by atoms with Crippen molar-refractivity contribution in [3.8, 4) is 0 Å². The highest BCUT2D eigenvalue weighted by molar-refractivity contribution is 5.82. The summed E-state index contributed by atoms with van der Waals surface area (Å²) in [6.07, 6.45) is 10.9. The number of likely N-dealkylation sites (tertiary alicyclic amines) is 1. The standard InChI is InChI=1S/C22H30N4O2/c1-14(27)26-10-5-4-8-19(26)21-23-12-15-13-25(11-9-18(15)24-21)22(28)20-16-6-2-3-7-17(16)20/h12,16-17,19-20H,2-11,13H2,1H3/t16-,17+,19-,20?/m1/s1. The number of aromatic nitrogens is 2. The first kappa shape index (κ1) is 18.1. The molecular weight excluding hydrogens is 352 g/mol. The number of piperidine rings is 1. The Kier molecular flexibility index (Phi) is 4.60. The SMILES string of the molecule is CC(=O)N1CCCC[C@@H]1c1ncc2c(n1)CCN(C(=O)C1[C@H]3CCCC[C@@H]13)C2. The average molecular weight is 383 g/mol. The van der Waals surface area contributed by atoms with Crippen LogP contribution in [-0.2, 0) is 22.6 Å². The number of nitrogens with zero attached hydrogens (tertiary/aromatic N) is 4. The van der Waals surface area contributed by atoms with Crippen molar-refractivity contribution in [2.45, 2.75) is 70.9 Å². The van der Waals surface area contributed by atoms with E-state index in [0.29, 0.717) is 24.3 Å². The van der Waals surface area contributed by atoms with Gasteiger partial charge in [-0.05, 0) is 43.9 Å². The maximum Gasteiger partial charge on any atom is 0.226 e. The highest BCUT2D eigenvalue weighted by atomic mass is 16.2. The van der Waals surface area contributed by atoms with Gasteiger partial charge in [-0.2, -0.15) is 0 Å². The van der Waals surface area contributed by atoms with Gasteiger partial charge in [-0.1, -0.05) is 12.8 Å². The number of carbonyl (C=O) groups excluding carboxylic acids is 2. The Hall–Kier alpha value is -1.98. The molecular formula is C22H30N4O2. The van der Waals surface area contributed by atoms with Crippen molar-refractivity contribution < 1.29 is 9.59 Å². The molecule has 2 amide bonds. The van der Waals surface area contributed by atoms with Crippen molar-refractivity contribution in [2.24, 2.45) is 17.8 Å². The highest BCUT2D eigenvalue weighted by Gasteiger charge is 2.55. The molecule has 2 aliphatic heterocycles. The first-order valence-electron chi connectivity index (χ1n) is 11.0. The van der Waals surface area contributed by atoms with Gasteiger partial charge >= 0.3 is 0 Å². The van der Waals surface area contributed by atoms with Gasteiger partial charge in [-0.15, -0.1) is 0 Å². The second kappa shape index (κ2) is 7.12. The van der Waals surface area contributed by atoms with Gasteiger partial charge in [0.2, 0.25) is 11.8 Å². The third-order valence-electron chi connectivity index (χ3n) is 7.41. The monoisotopic (exact) mass is 382 g/mol. The second-order valence-electron chi connectivity index (χ2n) is 9.07. The Morgan fingerprint density at radius 1 is 1.04 bits per heavy atom. The molecule has 4 aliphatic rings. The molecule has 0 N–H and O–H groups in total. The molecule has 0 aromatic carbocycles. The molecule has 1 saturated heterocycles. The van der Waals surface area contributed by atoms with E-state index in [1.165, 1.54) is 25.7 Å². The van der Waals surface area contributed by atoms with Crippen LogP contribution in [0.1, 0.15) is 75.0 Å². The summed E-state index contributed by atoms with van der Waals surface area (Å²) in [6.45, 7) is 3.84. The lowest BCUT2D eigenvalue weighted by molar-refractivity contribution is -0.134. The van der Waals surface area contributed by atoms with E-state index < -0.39 is 0 Å². The molecule has 3 heterocycles. The fourth-order valence-electron chi connectivity index (χ4n) is 5.83. The van der Waals surface area contributed by atoms with Gasteiger partial charge in [0.1, 0.15) is 0 Å². The van der Waals surface area contributed by atoms with E-state index in [1.54, 1.807) is 6.92 Å².